The second-order valence-corrected chi connectivity index (χ2v) is 2.06. The number of aliphatic hydroxyl groups is 1. The Morgan fingerprint density at radius 1 is 1.45 bits per heavy atom. The van der Waals surface area contributed by atoms with Crippen LogP contribution in [0.4, 0.5) is 0 Å². The summed E-state index contributed by atoms with van der Waals surface area (Å²) in [4.78, 5) is 3.75. The SMILES string of the molecule is OCC=Cc1cncc(O)c1. The molecule has 0 unspecified atom stereocenters. The maximum absolute atomic E-state index is 8.95. The van der Waals surface area contributed by atoms with Gasteiger partial charge in [0.1, 0.15) is 5.75 Å². The summed E-state index contributed by atoms with van der Waals surface area (Å²) < 4.78 is 0. The molecular formula is C8H9NO2. The first-order valence-electron chi connectivity index (χ1n) is 3.24. The second-order valence-electron chi connectivity index (χ2n) is 2.06. The van der Waals surface area contributed by atoms with Crippen LogP contribution in [0.5, 0.6) is 5.75 Å². The van der Waals surface area contributed by atoms with E-state index in [-0.39, 0.29) is 12.4 Å². The molecule has 0 saturated carbocycles. The lowest BCUT2D eigenvalue weighted by atomic mass is 10.2. The highest BCUT2D eigenvalue weighted by Crippen LogP contribution is 2.09. The summed E-state index contributed by atoms with van der Waals surface area (Å²) in [6, 6.07) is 1.57. The highest BCUT2D eigenvalue weighted by Gasteiger charge is 1.88. The summed E-state index contributed by atoms with van der Waals surface area (Å²) in [5, 5.41) is 17.4. The third kappa shape index (κ3) is 2.39. The van der Waals surface area contributed by atoms with Crippen molar-refractivity contribution in [1.29, 1.82) is 0 Å². The maximum atomic E-state index is 8.95. The molecule has 1 aromatic rings. The highest BCUT2D eigenvalue weighted by atomic mass is 16.3. The molecule has 0 saturated heterocycles. The molecule has 0 bridgehead atoms. The van der Waals surface area contributed by atoms with E-state index in [0.29, 0.717) is 0 Å². The number of hydrogen-bond acceptors (Lipinski definition) is 3. The summed E-state index contributed by atoms with van der Waals surface area (Å²) in [5.74, 6) is 0.130. The van der Waals surface area contributed by atoms with Gasteiger partial charge in [-0.2, -0.15) is 0 Å². The molecule has 0 fully saturated rings. The molecule has 0 aromatic carbocycles. The molecule has 2 N–H and O–H groups in total. The highest BCUT2D eigenvalue weighted by molar-refractivity contribution is 5.49. The average molecular weight is 151 g/mol. The van der Waals surface area contributed by atoms with E-state index in [0.717, 1.165) is 5.56 Å². The Balaban J connectivity index is 2.79. The first-order valence-corrected chi connectivity index (χ1v) is 3.24. The third-order valence-electron chi connectivity index (χ3n) is 1.16. The van der Waals surface area contributed by atoms with Crippen LogP contribution in [0.25, 0.3) is 6.08 Å². The topological polar surface area (TPSA) is 53.4 Å². The largest absolute Gasteiger partial charge is 0.506 e. The van der Waals surface area contributed by atoms with Crippen molar-refractivity contribution >= 4 is 6.08 Å². The number of aromatic nitrogens is 1. The van der Waals surface area contributed by atoms with Crippen LogP contribution in [0, 0.1) is 0 Å². The summed E-state index contributed by atoms with van der Waals surface area (Å²) in [6.45, 7) is -0.00431. The normalized spacial score (nSPS) is 10.6. The van der Waals surface area contributed by atoms with Crippen molar-refractivity contribution < 1.29 is 10.2 Å². The van der Waals surface area contributed by atoms with E-state index >= 15 is 0 Å². The summed E-state index contributed by atoms with van der Waals surface area (Å²) >= 11 is 0. The molecule has 1 aromatic heterocycles. The Kier molecular flexibility index (Phi) is 2.63. The van der Waals surface area contributed by atoms with Crippen LogP contribution in [-0.4, -0.2) is 21.8 Å². The number of nitrogens with zero attached hydrogens (tertiary/aromatic N) is 1. The van der Waals surface area contributed by atoms with Crippen LogP contribution in [0.1, 0.15) is 5.56 Å². The van der Waals surface area contributed by atoms with E-state index in [4.69, 9.17) is 10.2 Å². The Labute approximate surface area is 64.6 Å². The average Bonchev–Trinajstić information content (AvgIpc) is 2.01. The van der Waals surface area contributed by atoms with Crippen LogP contribution >= 0.6 is 0 Å². The van der Waals surface area contributed by atoms with Crippen molar-refractivity contribution in [1.82, 2.24) is 4.98 Å². The minimum atomic E-state index is -0.00431. The van der Waals surface area contributed by atoms with Gasteiger partial charge in [-0.15, -0.1) is 0 Å². The standard InChI is InChI=1S/C8H9NO2/c10-3-1-2-7-4-8(11)6-9-5-7/h1-2,4-6,10-11H,3H2. The first kappa shape index (κ1) is 7.75. The van der Waals surface area contributed by atoms with Gasteiger partial charge in [-0.1, -0.05) is 12.2 Å². The minimum absolute atomic E-state index is 0.00431. The number of aromatic hydroxyl groups is 1. The predicted octanol–water partition coefficient (Wildman–Crippen LogP) is 0.793. The van der Waals surface area contributed by atoms with Crippen LogP contribution in [0.15, 0.2) is 24.5 Å². The number of hydrogen-bond donors (Lipinski definition) is 2. The van der Waals surface area contributed by atoms with Crippen molar-refractivity contribution in [2.75, 3.05) is 6.61 Å². The Hall–Kier alpha value is -1.35. The zero-order valence-corrected chi connectivity index (χ0v) is 5.94. The van der Waals surface area contributed by atoms with E-state index in [1.54, 1.807) is 24.4 Å². The lowest BCUT2D eigenvalue weighted by Gasteiger charge is -1.92. The molecule has 0 spiro atoms. The molecule has 3 heteroatoms. The lowest BCUT2D eigenvalue weighted by Crippen LogP contribution is -1.76. The van der Waals surface area contributed by atoms with E-state index in [2.05, 4.69) is 4.98 Å². The molecule has 0 aliphatic heterocycles. The molecule has 1 rings (SSSR count). The van der Waals surface area contributed by atoms with Gasteiger partial charge in [0.2, 0.25) is 0 Å². The molecule has 1 heterocycles. The molecule has 0 atom stereocenters. The van der Waals surface area contributed by atoms with Gasteiger partial charge < -0.3 is 10.2 Å². The quantitative estimate of drug-likeness (QED) is 0.657. The predicted molar refractivity (Wildman–Crippen MR) is 42.0 cm³/mol. The fraction of sp³-hybridized carbons (Fsp3) is 0.125. The van der Waals surface area contributed by atoms with Crippen LogP contribution in [-0.2, 0) is 0 Å². The van der Waals surface area contributed by atoms with Gasteiger partial charge in [-0.05, 0) is 11.6 Å². The van der Waals surface area contributed by atoms with Gasteiger partial charge in [-0.25, -0.2) is 0 Å². The molecule has 3 nitrogen and oxygen atoms in total. The molecule has 0 amide bonds. The van der Waals surface area contributed by atoms with Gasteiger partial charge in [0, 0.05) is 6.20 Å². The fourth-order valence-corrected chi connectivity index (χ4v) is 0.725. The molecule has 0 aliphatic carbocycles. The number of pyridine rings is 1. The molecule has 58 valence electrons. The summed E-state index contributed by atoms with van der Waals surface area (Å²) in [5.41, 5.74) is 0.777. The van der Waals surface area contributed by atoms with Gasteiger partial charge in [0.25, 0.3) is 0 Å². The van der Waals surface area contributed by atoms with Crippen molar-refractivity contribution in [2.45, 2.75) is 0 Å². The Bertz CT molecular complexity index is 258. The first-order chi connectivity index (χ1) is 5.33. The van der Waals surface area contributed by atoms with E-state index in [1.165, 1.54) is 6.20 Å². The maximum Gasteiger partial charge on any atom is 0.134 e. The molecule has 0 aliphatic rings. The van der Waals surface area contributed by atoms with E-state index < -0.39 is 0 Å². The van der Waals surface area contributed by atoms with E-state index in [1.807, 2.05) is 0 Å². The van der Waals surface area contributed by atoms with Gasteiger partial charge >= 0.3 is 0 Å². The molecular weight excluding hydrogens is 142 g/mol. The second kappa shape index (κ2) is 3.73. The van der Waals surface area contributed by atoms with Crippen molar-refractivity contribution in [3.05, 3.63) is 30.1 Å². The fourth-order valence-electron chi connectivity index (χ4n) is 0.725. The van der Waals surface area contributed by atoms with Crippen molar-refractivity contribution in [2.24, 2.45) is 0 Å². The van der Waals surface area contributed by atoms with Gasteiger partial charge in [-0.3, -0.25) is 4.98 Å². The zero-order chi connectivity index (χ0) is 8.10. The van der Waals surface area contributed by atoms with Crippen LogP contribution in [0.3, 0.4) is 0 Å². The van der Waals surface area contributed by atoms with Crippen molar-refractivity contribution in [3.8, 4) is 5.75 Å². The summed E-state index contributed by atoms with van der Waals surface area (Å²) in [7, 11) is 0. The number of aliphatic hydroxyl groups excluding tert-OH is 1. The zero-order valence-electron chi connectivity index (χ0n) is 5.94. The molecule has 0 radical (unpaired) electrons. The lowest BCUT2D eigenvalue weighted by molar-refractivity contribution is 0.343. The molecule has 11 heavy (non-hydrogen) atoms. The van der Waals surface area contributed by atoms with Crippen LogP contribution in [0.2, 0.25) is 0 Å². The van der Waals surface area contributed by atoms with Crippen LogP contribution < -0.4 is 0 Å². The van der Waals surface area contributed by atoms with Gasteiger partial charge in [0.15, 0.2) is 0 Å². The Morgan fingerprint density at radius 3 is 2.91 bits per heavy atom. The van der Waals surface area contributed by atoms with Gasteiger partial charge in [0.05, 0.1) is 12.8 Å². The van der Waals surface area contributed by atoms with E-state index in [9.17, 15) is 0 Å². The minimum Gasteiger partial charge on any atom is -0.506 e. The van der Waals surface area contributed by atoms with Crippen molar-refractivity contribution in [3.63, 3.8) is 0 Å². The third-order valence-corrected chi connectivity index (χ3v) is 1.16. The smallest absolute Gasteiger partial charge is 0.134 e. The Morgan fingerprint density at radius 2 is 2.27 bits per heavy atom. The monoisotopic (exact) mass is 151 g/mol. The summed E-state index contributed by atoms with van der Waals surface area (Å²) in [6.07, 6.45) is 6.23. The number of rotatable bonds is 2.